The van der Waals surface area contributed by atoms with Gasteiger partial charge in [-0.3, -0.25) is 19.2 Å². The summed E-state index contributed by atoms with van der Waals surface area (Å²) in [6.45, 7) is 2.16. The van der Waals surface area contributed by atoms with Gasteiger partial charge in [-0.2, -0.15) is 0 Å². The van der Waals surface area contributed by atoms with E-state index < -0.39 is 42.3 Å². The quantitative estimate of drug-likeness (QED) is 0.130. The molecule has 0 unspecified atom stereocenters. The van der Waals surface area contributed by atoms with Crippen molar-refractivity contribution in [3.63, 3.8) is 0 Å². The Labute approximate surface area is 281 Å². The van der Waals surface area contributed by atoms with Gasteiger partial charge < -0.3 is 30.7 Å². The Bertz CT molecular complexity index is 1880. The molecule has 48 heavy (non-hydrogen) atoms. The van der Waals surface area contributed by atoms with E-state index >= 15 is 0 Å². The summed E-state index contributed by atoms with van der Waals surface area (Å²) in [5.41, 5.74) is 3.18. The van der Waals surface area contributed by atoms with Crippen LogP contribution in [-0.4, -0.2) is 63.1 Å². The third kappa shape index (κ3) is 8.65. The molecule has 12 nitrogen and oxygen atoms in total. The van der Waals surface area contributed by atoms with Crippen molar-refractivity contribution in [1.82, 2.24) is 20.6 Å². The number of thiophene rings is 1. The molecule has 0 aliphatic heterocycles. The summed E-state index contributed by atoms with van der Waals surface area (Å²) in [5, 5.41) is 25.6. The maximum atomic E-state index is 13.3. The van der Waals surface area contributed by atoms with Crippen LogP contribution in [0.15, 0.2) is 59.4 Å². The zero-order chi connectivity index (χ0) is 34.4. The molecule has 252 valence electrons. The Morgan fingerprint density at radius 1 is 1.00 bits per heavy atom. The third-order valence-corrected chi connectivity index (χ3v) is 9.80. The van der Waals surface area contributed by atoms with Crippen molar-refractivity contribution in [3.8, 4) is 0 Å². The SMILES string of the molecule is Cc1nc2ccc(CN(C)c3ccc(C(=O)N[C@@H](CCC(=O)O)C(=O)N[C@@H](Cc4cccc(C5CCCC5)c4)C(=O)O)s3)cc2c(=O)[nH]1. The Morgan fingerprint density at radius 2 is 1.77 bits per heavy atom. The number of nitrogens with one attached hydrogen (secondary N) is 3. The van der Waals surface area contributed by atoms with E-state index in [1.54, 1.807) is 31.2 Å². The topological polar surface area (TPSA) is 182 Å². The number of rotatable bonds is 14. The van der Waals surface area contributed by atoms with Crippen molar-refractivity contribution < 1.29 is 29.4 Å². The number of hydrogen-bond acceptors (Lipinski definition) is 8. The Hall–Kier alpha value is -5.04. The van der Waals surface area contributed by atoms with Crippen LogP contribution < -0.4 is 21.1 Å². The molecule has 2 amide bonds. The second kappa shape index (κ2) is 15.2. The van der Waals surface area contributed by atoms with Gasteiger partial charge in [0, 0.05) is 26.4 Å². The molecule has 1 aliphatic rings. The van der Waals surface area contributed by atoms with Gasteiger partial charge in [-0.1, -0.05) is 43.2 Å². The van der Waals surface area contributed by atoms with Crippen LogP contribution in [0.2, 0.25) is 0 Å². The van der Waals surface area contributed by atoms with Crippen LogP contribution in [0.5, 0.6) is 0 Å². The molecule has 5 N–H and O–H groups in total. The van der Waals surface area contributed by atoms with Crippen LogP contribution in [-0.2, 0) is 27.3 Å². The number of H-pyrrole nitrogens is 1. The van der Waals surface area contributed by atoms with Crippen molar-refractivity contribution >= 4 is 51.0 Å². The summed E-state index contributed by atoms with van der Waals surface area (Å²) in [7, 11) is 1.84. The minimum Gasteiger partial charge on any atom is -0.481 e. The van der Waals surface area contributed by atoms with E-state index in [9.17, 15) is 34.2 Å². The summed E-state index contributed by atoms with van der Waals surface area (Å²) in [6, 6.07) is 14.0. The van der Waals surface area contributed by atoms with E-state index in [-0.39, 0.29) is 23.3 Å². The summed E-state index contributed by atoms with van der Waals surface area (Å²) in [6.07, 6.45) is 3.96. The first-order valence-electron chi connectivity index (χ1n) is 15.9. The second-order valence-corrected chi connectivity index (χ2v) is 13.3. The number of nitrogens with zero attached hydrogens (tertiary/aromatic N) is 2. The number of carbonyl (C=O) groups is 4. The number of aromatic amines is 1. The van der Waals surface area contributed by atoms with Gasteiger partial charge in [-0.25, -0.2) is 9.78 Å². The van der Waals surface area contributed by atoms with Crippen LogP contribution in [0.1, 0.15) is 76.6 Å². The fraction of sp³-hybridized carbons (Fsp3) is 0.371. The van der Waals surface area contributed by atoms with Crippen LogP contribution >= 0.6 is 11.3 Å². The number of amides is 2. The monoisotopic (exact) mass is 673 g/mol. The van der Waals surface area contributed by atoms with Gasteiger partial charge in [-0.05, 0) is 73.1 Å². The van der Waals surface area contributed by atoms with E-state index in [2.05, 4.69) is 20.6 Å². The highest BCUT2D eigenvalue weighted by atomic mass is 32.1. The highest BCUT2D eigenvalue weighted by Gasteiger charge is 2.28. The predicted octanol–water partition coefficient (Wildman–Crippen LogP) is 4.36. The van der Waals surface area contributed by atoms with E-state index in [1.165, 1.54) is 24.2 Å². The maximum absolute atomic E-state index is 13.3. The molecule has 0 bridgehead atoms. The summed E-state index contributed by atoms with van der Waals surface area (Å²) in [5.74, 6) is -2.75. The Kier molecular flexibility index (Phi) is 10.9. The average Bonchev–Trinajstić information content (AvgIpc) is 3.77. The summed E-state index contributed by atoms with van der Waals surface area (Å²) < 4.78 is 0. The van der Waals surface area contributed by atoms with Gasteiger partial charge in [0.05, 0.1) is 20.8 Å². The molecule has 13 heteroatoms. The summed E-state index contributed by atoms with van der Waals surface area (Å²) in [4.78, 5) is 71.8. The van der Waals surface area contributed by atoms with Crippen molar-refractivity contribution in [3.05, 3.63) is 92.3 Å². The number of carboxylic acid groups (broad SMARTS) is 2. The first-order valence-corrected chi connectivity index (χ1v) is 16.7. The minimum absolute atomic E-state index is 0.0452. The minimum atomic E-state index is -1.27. The lowest BCUT2D eigenvalue weighted by Crippen LogP contribution is -2.52. The smallest absolute Gasteiger partial charge is 0.326 e. The van der Waals surface area contributed by atoms with E-state index in [0.717, 1.165) is 34.5 Å². The standard InChI is InChI=1S/C35H39N5O7S/c1-20-36-26-11-10-22(17-25(26)32(43)37-20)19-40(2)30-14-13-29(48-30)34(45)38-27(12-15-31(41)42)33(44)39-28(35(46)47)18-21-6-5-9-24(16-21)23-7-3-4-8-23/h5-6,9-11,13-14,16-17,23,27-28H,3-4,7-8,12,15,18-19H2,1-2H3,(H,38,45)(H,39,44)(H,41,42)(H,46,47)(H,36,37,43)/t27-,28-/m0/s1. The molecule has 0 radical (unpaired) electrons. The largest absolute Gasteiger partial charge is 0.481 e. The number of benzene rings is 2. The first kappa shape index (κ1) is 34.3. The molecule has 2 heterocycles. The van der Waals surface area contributed by atoms with Crippen molar-refractivity contribution in [1.29, 1.82) is 0 Å². The number of carbonyl (C=O) groups excluding carboxylic acids is 2. The highest BCUT2D eigenvalue weighted by molar-refractivity contribution is 7.18. The fourth-order valence-corrected chi connectivity index (χ4v) is 6.98. The lowest BCUT2D eigenvalue weighted by Gasteiger charge is -2.21. The van der Waals surface area contributed by atoms with Gasteiger partial charge >= 0.3 is 11.9 Å². The molecule has 0 saturated heterocycles. The van der Waals surface area contributed by atoms with Gasteiger partial charge in [0.1, 0.15) is 17.9 Å². The molecule has 1 saturated carbocycles. The first-order chi connectivity index (χ1) is 23.0. The molecule has 4 aromatic rings. The summed E-state index contributed by atoms with van der Waals surface area (Å²) >= 11 is 1.18. The molecule has 2 atom stereocenters. The Morgan fingerprint density at radius 3 is 2.50 bits per heavy atom. The lowest BCUT2D eigenvalue weighted by molar-refractivity contribution is -0.142. The lowest BCUT2D eigenvalue weighted by atomic mass is 9.94. The molecule has 1 aliphatic carbocycles. The average molecular weight is 674 g/mol. The number of aliphatic carboxylic acids is 2. The number of aryl methyl sites for hydroxylation is 1. The van der Waals surface area contributed by atoms with Crippen molar-refractivity contribution in [2.45, 2.75) is 76.4 Å². The number of hydrogen-bond donors (Lipinski definition) is 5. The van der Waals surface area contributed by atoms with Gasteiger partial charge in [-0.15, -0.1) is 11.3 Å². The zero-order valence-corrected chi connectivity index (χ0v) is 27.6. The van der Waals surface area contributed by atoms with E-state index in [4.69, 9.17) is 0 Å². The molecule has 0 spiro atoms. The number of anilines is 1. The predicted molar refractivity (Wildman–Crippen MR) is 183 cm³/mol. The van der Waals surface area contributed by atoms with E-state index in [0.29, 0.717) is 29.2 Å². The van der Waals surface area contributed by atoms with Crippen LogP contribution in [0.25, 0.3) is 10.9 Å². The van der Waals surface area contributed by atoms with Crippen molar-refractivity contribution in [2.75, 3.05) is 11.9 Å². The molecule has 1 fully saturated rings. The molecule has 5 rings (SSSR count). The fourth-order valence-electron chi connectivity index (χ4n) is 6.12. The Balaban J connectivity index is 1.24. The molecule has 2 aromatic carbocycles. The van der Waals surface area contributed by atoms with E-state index in [1.807, 2.05) is 42.3 Å². The third-order valence-electron chi connectivity index (χ3n) is 8.60. The highest BCUT2D eigenvalue weighted by Crippen LogP contribution is 2.34. The van der Waals surface area contributed by atoms with Gasteiger partial charge in [0.25, 0.3) is 11.5 Å². The van der Waals surface area contributed by atoms with Crippen molar-refractivity contribution in [2.24, 2.45) is 0 Å². The normalized spacial score (nSPS) is 14.4. The van der Waals surface area contributed by atoms with Crippen LogP contribution in [0, 0.1) is 6.92 Å². The second-order valence-electron chi connectivity index (χ2n) is 12.3. The van der Waals surface area contributed by atoms with Gasteiger partial charge in [0.15, 0.2) is 0 Å². The number of aromatic nitrogens is 2. The number of carboxylic acids is 2. The molecule has 2 aromatic heterocycles. The van der Waals surface area contributed by atoms with Gasteiger partial charge in [0.2, 0.25) is 5.91 Å². The maximum Gasteiger partial charge on any atom is 0.326 e. The number of fused-ring (bicyclic) bond motifs is 1. The molecular weight excluding hydrogens is 634 g/mol. The zero-order valence-electron chi connectivity index (χ0n) is 26.8. The van der Waals surface area contributed by atoms with Crippen LogP contribution in [0.4, 0.5) is 5.00 Å². The van der Waals surface area contributed by atoms with Crippen LogP contribution in [0.3, 0.4) is 0 Å². The molecular formula is C35H39N5O7S.